The topological polar surface area (TPSA) is 111 Å². The Morgan fingerprint density at radius 2 is 1.65 bits per heavy atom. The fraction of sp³-hybridized carbons (Fsp3) is 0. The largest absolute Gasteiger partial charge is 0.382 e. The number of nitrogens with two attached hydrogens (primary N) is 2. The highest BCUT2D eigenvalue weighted by Gasteiger charge is 2.24. The lowest BCUT2D eigenvalue weighted by Gasteiger charge is -2.03. The van der Waals surface area contributed by atoms with E-state index >= 15 is 0 Å². The van der Waals surface area contributed by atoms with Gasteiger partial charge in [-0.15, -0.1) is 0 Å². The van der Waals surface area contributed by atoms with Crippen molar-refractivity contribution in [2.45, 2.75) is 0 Å². The van der Waals surface area contributed by atoms with Gasteiger partial charge >= 0.3 is 0 Å². The van der Waals surface area contributed by atoms with Crippen LogP contribution in [0.15, 0.2) is 42.5 Å². The number of carbonyl (C=O) groups excluding carboxylic acids is 2. The summed E-state index contributed by atoms with van der Waals surface area (Å²) in [7, 11) is 0. The molecule has 26 heavy (non-hydrogen) atoms. The Morgan fingerprint density at radius 3 is 2.23 bits per heavy atom. The summed E-state index contributed by atoms with van der Waals surface area (Å²) in [6.45, 7) is 0. The van der Waals surface area contributed by atoms with Crippen LogP contribution in [0.2, 0.25) is 0 Å². The Hall–Kier alpha value is -3.33. The van der Waals surface area contributed by atoms with Crippen LogP contribution in [0, 0.1) is 11.6 Å². The Balaban J connectivity index is 1.87. The van der Waals surface area contributed by atoms with Gasteiger partial charge in [-0.25, -0.2) is 13.8 Å². The molecule has 0 saturated heterocycles. The van der Waals surface area contributed by atoms with E-state index in [0.717, 1.165) is 23.5 Å². The number of primary amides is 1. The van der Waals surface area contributed by atoms with Crippen molar-refractivity contribution in [3.05, 3.63) is 70.1 Å². The Morgan fingerprint density at radius 1 is 1.04 bits per heavy atom. The Labute approximate surface area is 150 Å². The highest BCUT2D eigenvalue weighted by molar-refractivity contribution is 7.18. The SMILES string of the molecule is NC(=O)c1ccc(Nc2nc(N)c(C(=O)c3c(F)cccc3F)s2)cc1. The molecule has 0 radical (unpaired) electrons. The van der Waals surface area contributed by atoms with Gasteiger partial charge in [0.05, 0.1) is 5.56 Å². The molecule has 0 atom stereocenters. The third kappa shape index (κ3) is 3.38. The van der Waals surface area contributed by atoms with E-state index in [-0.39, 0.29) is 15.8 Å². The van der Waals surface area contributed by atoms with E-state index in [0.29, 0.717) is 11.3 Å². The summed E-state index contributed by atoms with van der Waals surface area (Å²) in [4.78, 5) is 27.4. The highest BCUT2D eigenvalue weighted by Crippen LogP contribution is 2.31. The number of carbonyl (C=O) groups is 2. The zero-order chi connectivity index (χ0) is 18.8. The molecule has 3 rings (SSSR count). The lowest BCUT2D eigenvalue weighted by Crippen LogP contribution is -2.10. The molecule has 1 aromatic heterocycles. The van der Waals surface area contributed by atoms with Crippen molar-refractivity contribution in [1.29, 1.82) is 0 Å². The fourth-order valence-electron chi connectivity index (χ4n) is 2.22. The maximum atomic E-state index is 13.8. The minimum Gasteiger partial charge on any atom is -0.382 e. The van der Waals surface area contributed by atoms with Crippen LogP contribution in [-0.2, 0) is 0 Å². The number of amides is 1. The van der Waals surface area contributed by atoms with Crippen LogP contribution >= 0.6 is 11.3 Å². The van der Waals surface area contributed by atoms with Crippen molar-refractivity contribution in [3.8, 4) is 0 Å². The van der Waals surface area contributed by atoms with Crippen LogP contribution in [0.5, 0.6) is 0 Å². The maximum absolute atomic E-state index is 13.8. The van der Waals surface area contributed by atoms with Gasteiger partial charge in [-0.05, 0) is 36.4 Å². The molecule has 1 heterocycles. The molecule has 0 saturated carbocycles. The number of nitrogens with zero attached hydrogens (tertiary/aromatic N) is 1. The fourth-order valence-corrected chi connectivity index (χ4v) is 3.07. The minimum atomic E-state index is -0.973. The van der Waals surface area contributed by atoms with E-state index in [4.69, 9.17) is 11.5 Å². The van der Waals surface area contributed by atoms with Gasteiger partial charge in [0.15, 0.2) is 5.13 Å². The van der Waals surface area contributed by atoms with Crippen LogP contribution in [0.1, 0.15) is 25.6 Å². The van der Waals surface area contributed by atoms with Crippen molar-refractivity contribution in [2.75, 3.05) is 11.1 Å². The number of anilines is 3. The average Bonchev–Trinajstić information content (AvgIpc) is 2.95. The van der Waals surface area contributed by atoms with E-state index in [1.165, 1.54) is 18.2 Å². The van der Waals surface area contributed by atoms with E-state index in [9.17, 15) is 18.4 Å². The molecule has 0 unspecified atom stereocenters. The second-order valence-corrected chi connectivity index (χ2v) is 6.22. The Kier molecular flexibility index (Phi) is 4.63. The second kappa shape index (κ2) is 6.89. The zero-order valence-electron chi connectivity index (χ0n) is 13.1. The smallest absolute Gasteiger partial charge is 0.248 e. The molecule has 0 aliphatic heterocycles. The van der Waals surface area contributed by atoms with Crippen LogP contribution in [0.25, 0.3) is 0 Å². The summed E-state index contributed by atoms with van der Waals surface area (Å²) in [6.07, 6.45) is 0. The molecule has 5 N–H and O–H groups in total. The van der Waals surface area contributed by atoms with Gasteiger partial charge in [0, 0.05) is 11.3 Å². The molecule has 3 aromatic rings. The summed E-state index contributed by atoms with van der Waals surface area (Å²) in [6, 6.07) is 9.37. The van der Waals surface area contributed by atoms with Crippen molar-refractivity contribution < 1.29 is 18.4 Å². The first-order chi connectivity index (χ1) is 12.4. The lowest BCUT2D eigenvalue weighted by atomic mass is 10.1. The summed E-state index contributed by atoms with van der Waals surface area (Å²) in [5, 5.41) is 3.16. The second-order valence-electron chi connectivity index (χ2n) is 5.23. The maximum Gasteiger partial charge on any atom is 0.248 e. The highest BCUT2D eigenvalue weighted by atomic mass is 32.1. The predicted octanol–water partition coefficient (Wildman–Crippen LogP) is 3.08. The van der Waals surface area contributed by atoms with E-state index in [2.05, 4.69) is 10.3 Å². The number of halogens is 2. The first-order valence-electron chi connectivity index (χ1n) is 7.28. The van der Waals surface area contributed by atoms with Gasteiger partial charge in [0.2, 0.25) is 11.7 Å². The number of thiazole rings is 1. The van der Waals surface area contributed by atoms with Gasteiger partial charge in [-0.2, -0.15) is 0 Å². The molecule has 2 aromatic carbocycles. The molecule has 0 fully saturated rings. The molecule has 0 aliphatic rings. The number of aromatic nitrogens is 1. The molecule has 9 heteroatoms. The third-order valence-corrected chi connectivity index (χ3v) is 4.46. The van der Waals surface area contributed by atoms with Crippen LogP contribution in [-0.4, -0.2) is 16.7 Å². The van der Waals surface area contributed by atoms with E-state index in [1.807, 2.05) is 0 Å². The number of hydrogen-bond acceptors (Lipinski definition) is 6. The first kappa shape index (κ1) is 17.5. The lowest BCUT2D eigenvalue weighted by molar-refractivity contribution is 0.0998. The van der Waals surface area contributed by atoms with Crippen molar-refractivity contribution in [2.24, 2.45) is 5.73 Å². The summed E-state index contributed by atoms with van der Waals surface area (Å²) in [5.41, 5.74) is 11.1. The quantitative estimate of drug-likeness (QED) is 0.594. The van der Waals surface area contributed by atoms with Gasteiger partial charge in [0.1, 0.15) is 22.3 Å². The zero-order valence-corrected chi connectivity index (χ0v) is 13.9. The molecule has 6 nitrogen and oxygen atoms in total. The molecular formula is C17H12F2N4O2S. The number of nitrogen functional groups attached to an aromatic ring is 1. The van der Waals surface area contributed by atoms with Gasteiger partial charge < -0.3 is 16.8 Å². The predicted molar refractivity (Wildman–Crippen MR) is 94.6 cm³/mol. The number of rotatable bonds is 5. The molecule has 0 aliphatic carbocycles. The minimum absolute atomic E-state index is 0.0785. The summed E-state index contributed by atoms with van der Waals surface area (Å²) >= 11 is 0.863. The van der Waals surface area contributed by atoms with Crippen molar-refractivity contribution in [3.63, 3.8) is 0 Å². The first-order valence-corrected chi connectivity index (χ1v) is 8.10. The third-order valence-electron chi connectivity index (χ3n) is 3.47. The molecule has 1 amide bonds. The molecule has 0 bridgehead atoms. The monoisotopic (exact) mass is 374 g/mol. The van der Waals surface area contributed by atoms with Crippen LogP contribution in [0.3, 0.4) is 0 Å². The van der Waals surface area contributed by atoms with Gasteiger partial charge in [-0.3, -0.25) is 9.59 Å². The molecular weight excluding hydrogens is 362 g/mol. The van der Waals surface area contributed by atoms with Crippen LogP contribution in [0.4, 0.5) is 25.4 Å². The van der Waals surface area contributed by atoms with Crippen molar-refractivity contribution in [1.82, 2.24) is 4.98 Å². The van der Waals surface area contributed by atoms with Gasteiger partial charge in [-0.1, -0.05) is 17.4 Å². The Bertz CT molecular complexity index is 982. The normalized spacial score (nSPS) is 10.5. The number of benzene rings is 2. The standard InChI is InChI=1S/C17H12F2N4O2S/c18-10-2-1-3-11(19)12(10)13(24)14-15(20)23-17(26-14)22-9-6-4-8(5-7-9)16(21)25/h1-7H,20H2,(H2,21,25)(H,22,23). The molecule has 132 valence electrons. The van der Waals surface area contributed by atoms with Crippen molar-refractivity contribution >= 4 is 39.7 Å². The summed E-state index contributed by atoms with van der Waals surface area (Å²) < 4.78 is 27.6. The summed E-state index contributed by atoms with van der Waals surface area (Å²) in [5.74, 6) is -3.53. The van der Waals surface area contributed by atoms with Gasteiger partial charge in [0.25, 0.3) is 0 Å². The van der Waals surface area contributed by atoms with E-state index < -0.39 is 28.9 Å². The number of ketones is 1. The van der Waals surface area contributed by atoms with E-state index in [1.54, 1.807) is 12.1 Å². The van der Waals surface area contributed by atoms with Crippen LogP contribution < -0.4 is 16.8 Å². The number of nitrogens with one attached hydrogen (secondary N) is 1. The number of hydrogen-bond donors (Lipinski definition) is 3. The molecule has 0 spiro atoms. The average molecular weight is 374 g/mol.